The lowest BCUT2D eigenvalue weighted by atomic mass is 10.2. The summed E-state index contributed by atoms with van der Waals surface area (Å²) in [5.41, 5.74) is 2.55. The number of aromatic nitrogens is 1. The van der Waals surface area contributed by atoms with Gasteiger partial charge in [0, 0.05) is 24.7 Å². The first-order chi connectivity index (χ1) is 19.5. The largest absolute Gasteiger partial charge is 0.494 e. The van der Waals surface area contributed by atoms with Crippen LogP contribution in [0.4, 0.5) is 0 Å². The van der Waals surface area contributed by atoms with Gasteiger partial charge in [0.15, 0.2) is 5.58 Å². The van der Waals surface area contributed by atoms with Crippen molar-refractivity contribution in [1.82, 2.24) is 25.0 Å². The van der Waals surface area contributed by atoms with Gasteiger partial charge in [-0.2, -0.15) is 0 Å². The Morgan fingerprint density at radius 2 is 1.25 bits per heavy atom. The molecule has 8 heteroatoms. The Balaban J connectivity index is 0.000000569. The van der Waals surface area contributed by atoms with Crippen LogP contribution in [-0.2, 0) is 0 Å². The Morgan fingerprint density at radius 1 is 0.775 bits per heavy atom. The average Bonchev–Trinajstić information content (AvgIpc) is 3.72. The molecule has 5 rings (SSSR count). The highest BCUT2D eigenvalue weighted by Crippen LogP contribution is 2.28. The van der Waals surface area contributed by atoms with Gasteiger partial charge in [0.25, 0.3) is 0 Å². The summed E-state index contributed by atoms with van der Waals surface area (Å²) < 4.78 is 17.9. The first kappa shape index (κ1) is 31.9. The van der Waals surface area contributed by atoms with E-state index < -0.39 is 0 Å². The maximum atomic E-state index is 6.03. The van der Waals surface area contributed by atoms with Gasteiger partial charge in [0.1, 0.15) is 17.0 Å². The van der Waals surface area contributed by atoms with E-state index in [1.807, 2.05) is 82.6 Å². The second kappa shape index (κ2) is 17.9. The van der Waals surface area contributed by atoms with Crippen LogP contribution in [0.2, 0.25) is 0 Å². The molecule has 3 aromatic rings. The number of nitrogens with one attached hydrogen (secondary N) is 1. The Labute approximate surface area is 241 Å². The number of rotatable bonds is 11. The van der Waals surface area contributed by atoms with Crippen molar-refractivity contribution in [1.29, 1.82) is 0 Å². The second-order valence-corrected chi connectivity index (χ2v) is 11.0. The summed E-state index contributed by atoms with van der Waals surface area (Å²) in [6.07, 6.45) is 7.46. The SMILES string of the molecule is CN(C)C.CNC.c1cc(-c2nc3ccc(OCCCN4CCCC4)cc3o2)ccc1OCCCN1CCCC1. The first-order valence-corrected chi connectivity index (χ1v) is 14.9. The minimum Gasteiger partial charge on any atom is -0.494 e. The zero-order valence-electron chi connectivity index (χ0n) is 25.5. The fraction of sp³-hybridized carbons (Fsp3) is 0.594. The molecule has 8 nitrogen and oxygen atoms in total. The quantitative estimate of drug-likeness (QED) is 0.324. The van der Waals surface area contributed by atoms with Gasteiger partial charge in [-0.15, -0.1) is 0 Å². The summed E-state index contributed by atoms with van der Waals surface area (Å²) in [5.74, 6) is 2.35. The van der Waals surface area contributed by atoms with Gasteiger partial charge in [-0.1, -0.05) is 0 Å². The molecule has 0 aliphatic carbocycles. The van der Waals surface area contributed by atoms with Crippen LogP contribution in [-0.4, -0.2) is 107 Å². The summed E-state index contributed by atoms with van der Waals surface area (Å²) in [4.78, 5) is 11.7. The number of oxazole rings is 1. The van der Waals surface area contributed by atoms with Crippen LogP contribution in [0.15, 0.2) is 46.9 Å². The maximum absolute atomic E-state index is 6.03. The molecule has 222 valence electrons. The van der Waals surface area contributed by atoms with Crippen LogP contribution in [0.1, 0.15) is 38.5 Å². The van der Waals surface area contributed by atoms with Gasteiger partial charge in [0.05, 0.1) is 13.2 Å². The summed E-state index contributed by atoms with van der Waals surface area (Å²) in [7, 11) is 9.75. The lowest BCUT2D eigenvalue weighted by Crippen LogP contribution is -2.21. The molecule has 40 heavy (non-hydrogen) atoms. The van der Waals surface area contributed by atoms with Crippen LogP contribution in [0, 0.1) is 0 Å². The maximum Gasteiger partial charge on any atom is 0.227 e. The smallest absolute Gasteiger partial charge is 0.227 e. The van der Waals surface area contributed by atoms with Crippen molar-refractivity contribution >= 4 is 11.1 Å². The highest BCUT2D eigenvalue weighted by Gasteiger charge is 2.13. The van der Waals surface area contributed by atoms with Gasteiger partial charge in [0.2, 0.25) is 5.89 Å². The van der Waals surface area contributed by atoms with Crippen LogP contribution < -0.4 is 14.8 Å². The Morgan fingerprint density at radius 3 is 1.77 bits per heavy atom. The predicted molar refractivity (Wildman–Crippen MR) is 166 cm³/mol. The standard InChI is InChI=1S/C27H35N3O3.C3H9N.C2H7N/c1-2-14-29(13-1)17-5-19-31-23-9-7-22(8-10-23)27-28-25-12-11-24(21-26(25)33-27)32-20-6-18-30-15-3-4-16-30;1-4(2)3;1-3-2/h7-12,21H,1-6,13-20H2;1-3H3;3H,1-2H3. The van der Waals surface area contributed by atoms with Gasteiger partial charge in [-0.25, -0.2) is 4.98 Å². The molecule has 0 radical (unpaired) electrons. The normalized spacial score (nSPS) is 15.6. The molecule has 1 aromatic heterocycles. The summed E-state index contributed by atoms with van der Waals surface area (Å²) in [5, 5.41) is 2.75. The highest BCUT2D eigenvalue weighted by molar-refractivity contribution is 5.77. The third kappa shape index (κ3) is 11.5. The number of hydrogen-bond donors (Lipinski definition) is 1. The van der Waals surface area contributed by atoms with Crippen molar-refractivity contribution in [3.63, 3.8) is 0 Å². The van der Waals surface area contributed by atoms with E-state index in [-0.39, 0.29) is 0 Å². The summed E-state index contributed by atoms with van der Waals surface area (Å²) in [6.45, 7) is 8.68. The number of benzene rings is 2. The molecule has 0 unspecified atom stereocenters. The van der Waals surface area contributed by atoms with Crippen LogP contribution in [0.3, 0.4) is 0 Å². The number of hydrogen-bond acceptors (Lipinski definition) is 8. The van der Waals surface area contributed by atoms with E-state index in [0.717, 1.165) is 67.3 Å². The number of fused-ring (bicyclic) bond motifs is 1. The van der Waals surface area contributed by atoms with Crippen LogP contribution in [0.5, 0.6) is 11.5 Å². The molecule has 0 amide bonds. The van der Waals surface area contributed by atoms with E-state index in [9.17, 15) is 0 Å². The van der Waals surface area contributed by atoms with E-state index >= 15 is 0 Å². The number of nitrogens with zero attached hydrogens (tertiary/aromatic N) is 4. The molecule has 2 fully saturated rings. The molecule has 2 aliphatic heterocycles. The van der Waals surface area contributed by atoms with Crippen LogP contribution >= 0.6 is 0 Å². The predicted octanol–water partition coefficient (Wildman–Crippen LogP) is 5.24. The molecule has 0 bridgehead atoms. The van der Waals surface area contributed by atoms with Gasteiger partial charge >= 0.3 is 0 Å². The number of likely N-dealkylation sites (tertiary alicyclic amines) is 2. The molecule has 0 atom stereocenters. The zero-order chi connectivity index (χ0) is 28.6. The molecular weight excluding hydrogens is 502 g/mol. The van der Waals surface area contributed by atoms with E-state index in [1.165, 1.54) is 51.9 Å². The second-order valence-electron chi connectivity index (χ2n) is 11.0. The van der Waals surface area contributed by atoms with Crippen molar-refractivity contribution in [2.45, 2.75) is 38.5 Å². The molecule has 0 saturated carbocycles. The van der Waals surface area contributed by atoms with Crippen molar-refractivity contribution in [2.24, 2.45) is 0 Å². The molecule has 2 aromatic carbocycles. The lowest BCUT2D eigenvalue weighted by molar-refractivity contribution is 0.263. The molecular formula is C32H51N5O3. The average molecular weight is 554 g/mol. The van der Waals surface area contributed by atoms with Crippen molar-refractivity contribution in [3.8, 4) is 23.0 Å². The third-order valence-corrected chi connectivity index (χ3v) is 6.63. The number of ether oxygens (including phenoxy) is 2. The summed E-state index contributed by atoms with van der Waals surface area (Å²) in [6, 6.07) is 13.9. The van der Waals surface area contributed by atoms with Crippen molar-refractivity contribution in [3.05, 3.63) is 42.5 Å². The third-order valence-electron chi connectivity index (χ3n) is 6.63. The lowest BCUT2D eigenvalue weighted by Gasteiger charge is -2.14. The Kier molecular flexibility index (Phi) is 14.3. The molecule has 1 N–H and O–H groups in total. The summed E-state index contributed by atoms with van der Waals surface area (Å²) >= 11 is 0. The molecule has 2 aliphatic rings. The molecule has 3 heterocycles. The van der Waals surface area contributed by atoms with E-state index in [2.05, 4.69) is 20.1 Å². The Hall–Kier alpha value is -2.65. The highest BCUT2D eigenvalue weighted by atomic mass is 16.5. The van der Waals surface area contributed by atoms with Gasteiger partial charge < -0.3 is 33.9 Å². The van der Waals surface area contributed by atoms with Crippen LogP contribution in [0.25, 0.3) is 22.6 Å². The van der Waals surface area contributed by atoms with Crippen molar-refractivity contribution < 1.29 is 13.9 Å². The van der Waals surface area contributed by atoms with E-state index in [4.69, 9.17) is 13.9 Å². The Bertz CT molecular complexity index is 1070. The van der Waals surface area contributed by atoms with Gasteiger partial charge in [-0.05, 0) is 136 Å². The fourth-order valence-electron chi connectivity index (χ4n) is 4.78. The first-order valence-electron chi connectivity index (χ1n) is 14.9. The molecule has 0 spiro atoms. The van der Waals surface area contributed by atoms with Crippen molar-refractivity contribution in [2.75, 3.05) is 87.7 Å². The van der Waals surface area contributed by atoms with E-state index in [1.54, 1.807) is 0 Å². The minimum atomic E-state index is 0.622. The zero-order valence-corrected chi connectivity index (χ0v) is 25.5. The van der Waals surface area contributed by atoms with E-state index in [0.29, 0.717) is 5.89 Å². The topological polar surface area (TPSA) is 66.2 Å². The minimum absolute atomic E-state index is 0.622. The molecule has 2 saturated heterocycles. The van der Waals surface area contributed by atoms with Gasteiger partial charge in [-0.3, -0.25) is 0 Å². The monoisotopic (exact) mass is 553 g/mol. The fourth-order valence-corrected chi connectivity index (χ4v) is 4.78.